The van der Waals surface area contributed by atoms with Gasteiger partial charge in [-0.05, 0) is 31.3 Å². The average Bonchev–Trinajstić information content (AvgIpc) is 2.83. The van der Waals surface area contributed by atoms with Gasteiger partial charge in [-0.3, -0.25) is 0 Å². The zero-order valence-corrected chi connectivity index (χ0v) is 12.1. The van der Waals surface area contributed by atoms with Crippen molar-refractivity contribution in [1.82, 2.24) is 4.98 Å². The number of aromatic nitrogens is 1. The Morgan fingerprint density at radius 2 is 2.06 bits per heavy atom. The normalized spacial score (nSPS) is 15.6. The molecule has 1 nitrogen and oxygen atoms in total. The van der Waals surface area contributed by atoms with Crippen molar-refractivity contribution in [2.24, 2.45) is 0 Å². The fraction of sp³-hybridized carbons (Fsp3) is 0.438. The third-order valence-corrected chi connectivity index (χ3v) is 4.47. The summed E-state index contributed by atoms with van der Waals surface area (Å²) in [6.45, 7) is 8.51. The molecule has 96 valence electrons. The lowest BCUT2D eigenvalue weighted by atomic mass is 9.92. The van der Waals surface area contributed by atoms with E-state index in [1.165, 1.54) is 26.6 Å². The van der Waals surface area contributed by atoms with E-state index in [9.17, 15) is 0 Å². The van der Waals surface area contributed by atoms with Crippen LogP contribution in [0.25, 0.3) is 0 Å². The highest BCUT2D eigenvalue weighted by Gasteiger charge is 2.08. The molecule has 1 heterocycles. The molecular weight excluding hydrogens is 238 g/mol. The number of aryl methyl sites for hydroxylation is 2. The van der Waals surface area contributed by atoms with Crippen molar-refractivity contribution in [3.05, 3.63) is 51.5 Å². The minimum Gasteiger partial charge on any atom is -0.249 e. The van der Waals surface area contributed by atoms with Crippen LogP contribution in [-0.2, 0) is 12.8 Å². The second-order valence-electron chi connectivity index (χ2n) is 4.78. The third-order valence-electron chi connectivity index (χ3n) is 3.26. The van der Waals surface area contributed by atoms with Gasteiger partial charge in [0.15, 0.2) is 0 Å². The van der Waals surface area contributed by atoms with Crippen LogP contribution in [0.3, 0.4) is 0 Å². The molecule has 0 saturated carbocycles. The number of allylic oxidation sites excluding steroid dienone is 5. The first-order valence-electron chi connectivity index (χ1n) is 6.72. The average molecular weight is 259 g/mol. The van der Waals surface area contributed by atoms with Gasteiger partial charge in [0.1, 0.15) is 0 Å². The predicted octanol–water partition coefficient (Wildman–Crippen LogP) is 4.86. The summed E-state index contributed by atoms with van der Waals surface area (Å²) < 4.78 is 0. The molecule has 0 spiro atoms. The summed E-state index contributed by atoms with van der Waals surface area (Å²) in [6.07, 6.45) is 12.0. The van der Waals surface area contributed by atoms with Gasteiger partial charge in [-0.2, -0.15) is 0 Å². The maximum Gasteiger partial charge on any atom is 0.0930 e. The van der Waals surface area contributed by atoms with E-state index in [0.29, 0.717) is 0 Å². The van der Waals surface area contributed by atoms with Gasteiger partial charge in [-0.1, -0.05) is 43.7 Å². The Bertz CT molecular complexity index is 491. The van der Waals surface area contributed by atoms with Crippen LogP contribution in [0.15, 0.2) is 41.6 Å². The highest BCUT2D eigenvalue weighted by molar-refractivity contribution is 7.11. The zero-order chi connectivity index (χ0) is 13.0. The van der Waals surface area contributed by atoms with E-state index in [2.05, 4.69) is 37.6 Å². The monoisotopic (exact) mass is 259 g/mol. The minimum absolute atomic E-state index is 1.05. The van der Waals surface area contributed by atoms with E-state index in [1.807, 2.05) is 17.5 Å². The Kier molecular flexibility index (Phi) is 4.54. The van der Waals surface area contributed by atoms with Gasteiger partial charge in [0.05, 0.1) is 5.01 Å². The molecule has 1 aromatic rings. The molecule has 0 fully saturated rings. The van der Waals surface area contributed by atoms with Gasteiger partial charge in [-0.25, -0.2) is 4.98 Å². The van der Waals surface area contributed by atoms with Crippen molar-refractivity contribution >= 4 is 11.3 Å². The number of thiazole rings is 1. The summed E-state index contributed by atoms with van der Waals surface area (Å²) in [5, 5.41) is 1.26. The molecule has 0 amide bonds. The van der Waals surface area contributed by atoms with Gasteiger partial charge < -0.3 is 0 Å². The highest BCUT2D eigenvalue weighted by atomic mass is 32.1. The molecule has 2 rings (SSSR count). The van der Waals surface area contributed by atoms with Gasteiger partial charge >= 0.3 is 0 Å². The first kappa shape index (κ1) is 13.3. The van der Waals surface area contributed by atoms with Crippen LogP contribution < -0.4 is 0 Å². The lowest BCUT2D eigenvalue weighted by Crippen LogP contribution is -1.96. The van der Waals surface area contributed by atoms with Crippen molar-refractivity contribution in [2.45, 2.75) is 46.0 Å². The number of hydrogen-bond donors (Lipinski definition) is 0. The fourth-order valence-corrected chi connectivity index (χ4v) is 3.07. The molecule has 2 heteroatoms. The Labute approximate surface area is 114 Å². The molecule has 0 N–H and O–H groups in total. The minimum atomic E-state index is 1.05. The van der Waals surface area contributed by atoms with E-state index in [4.69, 9.17) is 0 Å². The first-order chi connectivity index (χ1) is 8.71. The van der Waals surface area contributed by atoms with Crippen molar-refractivity contribution in [3.8, 4) is 0 Å². The topological polar surface area (TPSA) is 12.9 Å². The summed E-state index contributed by atoms with van der Waals surface area (Å²) in [5.41, 5.74) is 4.17. The predicted molar refractivity (Wildman–Crippen MR) is 80.0 cm³/mol. The van der Waals surface area contributed by atoms with Crippen LogP contribution in [0, 0.1) is 0 Å². The van der Waals surface area contributed by atoms with Crippen molar-refractivity contribution < 1.29 is 0 Å². The van der Waals surface area contributed by atoms with Gasteiger partial charge in [0.25, 0.3) is 0 Å². The molecule has 0 aromatic carbocycles. The maximum atomic E-state index is 4.48. The Hall–Kier alpha value is -1.15. The molecule has 0 radical (unpaired) electrons. The van der Waals surface area contributed by atoms with Crippen LogP contribution in [0.2, 0.25) is 0 Å². The highest BCUT2D eigenvalue weighted by Crippen LogP contribution is 2.26. The molecule has 1 aromatic heterocycles. The van der Waals surface area contributed by atoms with Gasteiger partial charge in [-0.15, -0.1) is 11.3 Å². The van der Waals surface area contributed by atoms with Crippen LogP contribution >= 0.6 is 11.3 Å². The summed E-state index contributed by atoms with van der Waals surface area (Å²) in [6, 6.07) is 0. The van der Waals surface area contributed by atoms with Gasteiger partial charge in [0, 0.05) is 17.5 Å². The number of rotatable bonds is 5. The van der Waals surface area contributed by atoms with E-state index >= 15 is 0 Å². The third kappa shape index (κ3) is 3.42. The van der Waals surface area contributed by atoms with Crippen molar-refractivity contribution in [1.29, 1.82) is 0 Å². The molecule has 0 atom stereocenters. The van der Waals surface area contributed by atoms with Crippen molar-refractivity contribution in [2.75, 3.05) is 0 Å². The number of hydrogen-bond acceptors (Lipinski definition) is 2. The summed E-state index contributed by atoms with van der Waals surface area (Å²) in [7, 11) is 0. The van der Waals surface area contributed by atoms with Gasteiger partial charge in [0.2, 0.25) is 0 Å². The molecular formula is C16H21NS. The lowest BCUT2D eigenvalue weighted by molar-refractivity contribution is 0.914. The Morgan fingerprint density at radius 3 is 2.72 bits per heavy atom. The van der Waals surface area contributed by atoms with E-state index < -0.39 is 0 Å². The SMILES string of the molecule is C=C1C=C(CCc2ncc(CC)s2)C=C(CC)C1. The first-order valence-corrected chi connectivity index (χ1v) is 7.54. The van der Waals surface area contributed by atoms with E-state index in [1.54, 1.807) is 0 Å². The number of nitrogens with zero attached hydrogens (tertiary/aromatic N) is 1. The van der Waals surface area contributed by atoms with Crippen molar-refractivity contribution in [3.63, 3.8) is 0 Å². The summed E-state index contributed by atoms with van der Waals surface area (Å²) in [4.78, 5) is 5.86. The van der Waals surface area contributed by atoms with Crippen LogP contribution in [0.1, 0.15) is 43.0 Å². The fourth-order valence-electron chi connectivity index (χ4n) is 2.21. The lowest BCUT2D eigenvalue weighted by Gasteiger charge is -2.14. The molecule has 0 unspecified atom stereocenters. The molecule has 0 aliphatic heterocycles. The standard InChI is InChI=1S/C16H21NS/c1-4-13-8-12(3)9-14(10-13)6-7-16-17-11-15(5-2)18-16/h9-11H,3-8H2,1-2H3. The maximum absolute atomic E-state index is 4.48. The molecule has 1 aliphatic rings. The second kappa shape index (κ2) is 6.14. The summed E-state index contributed by atoms with van der Waals surface area (Å²) >= 11 is 1.85. The smallest absolute Gasteiger partial charge is 0.0930 e. The summed E-state index contributed by atoms with van der Waals surface area (Å²) in [5.74, 6) is 0. The van der Waals surface area contributed by atoms with Crippen LogP contribution in [0.5, 0.6) is 0 Å². The molecule has 18 heavy (non-hydrogen) atoms. The molecule has 0 bridgehead atoms. The van der Waals surface area contributed by atoms with Crippen LogP contribution in [0.4, 0.5) is 0 Å². The molecule has 0 saturated heterocycles. The molecule has 1 aliphatic carbocycles. The second-order valence-corrected chi connectivity index (χ2v) is 5.98. The Balaban J connectivity index is 1.97. The zero-order valence-electron chi connectivity index (χ0n) is 11.3. The van der Waals surface area contributed by atoms with E-state index in [-0.39, 0.29) is 0 Å². The van der Waals surface area contributed by atoms with E-state index in [0.717, 1.165) is 32.1 Å². The Morgan fingerprint density at radius 1 is 1.22 bits per heavy atom. The quantitative estimate of drug-likeness (QED) is 0.736. The largest absolute Gasteiger partial charge is 0.249 e. The van der Waals surface area contributed by atoms with Crippen LogP contribution in [-0.4, -0.2) is 4.98 Å².